The third kappa shape index (κ3) is 4.81. The lowest BCUT2D eigenvalue weighted by molar-refractivity contribution is -0.129. The topological polar surface area (TPSA) is 58.2 Å². The van der Waals surface area contributed by atoms with Crippen LogP contribution in [0.1, 0.15) is 39.3 Å². The molecule has 0 aliphatic rings. The zero-order valence-corrected chi connectivity index (χ0v) is 12.5. The molecule has 0 bridgehead atoms. The average molecular weight is 298 g/mol. The Labute approximate surface area is 122 Å². The van der Waals surface area contributed by atoms with Gasteiger partial charge in [0, 0.05) is 6.92 Å². The van der Waals surface area contributed by atoms with E-state index >= 15 is 0 Å². The van der Waals surface area contributed by atoms with Crippen LogP contribution >= 0.6 is 0 Å². The normalized spacial score (nSPS) is 13.7. The van der Waals surface area contributed by atoms with Gasteiger partial charge >= 0.3 is 0 Å². The minimum absolute atomic E-state index is 0.0916. The number of nitrogens with one attached hydrogen (secondary N) is 2. The predicted molar refractivity (Wildman–Crippen MR) is 75.4 cm³/mol. The Morgan fingerprint density at radius 3 is 2.14 bits per heavy atom. The third-order valence-electron chi connectivity index (χ3n) is 3.11. The summed E-state index contributed by atoms with van der Waals surface area (Å²) in [4.78, 5) is 23.3. The summed E-state index contributed by atoms with van der Waals surface area (Å²) < 4.78 is 26.1. The Balaban J connectivity index is 2.79. The summed E-state index contributed by atoms with van der Waals surface area (Å²) in [5.41, 5.74) is 0.451. The third-order valence-corrected chi connectivity index (χ3v) is 3.11. The van der Waals surface area contributed by atoms with Crippen molar-refractivity contribution in [2.75, 3.05) is 0 Å². The second-order valence-electron chi connectivity index (χ2n) is 5.33. The van der Waals surface area contributed by atoms with Gasteiger partial charge in [-0.1, -0.05) is 19.9 Å². The highest BCUT2D eigenvalue weighted by Gasteiger charge is 2.24. The van der Waals surface area contributed by atoms with E-state index in [0.717, 1.165) is 12.1 Å². The van der Waals surface area contributed by atoms with E-state index in [1.165, 1.54) is 13.0 Å². The first kappa shape index (κ1) is 17.1. The van der Waals surface area contributed by atoms with Crippen molar-refractivity contribution >= 4 is 11.8 Å². The molecule has 0 heterocycles. The molecular formula is C15H20F2N2O2. The van der Waals surface area contributed by atoms with E-state index in [2.05, 4.69) is 10.6 Å². The average Bonchev–Trinajstić information content (AvgIpc) is 2.38. The zero-order valence-electron chi connectivity index (χ0n) is 12.5. The molecule has 0 aromatic heterocycles. The van der Waals surface area contributed by atoms with Gasteiger partial charge in [-0.2, -0.15) is 0 Å². The number of hydrogen-bond acceptors (Lipinski definition) is 2. The van der Waals surface area contributed by atoms with Gasteiger partial charge in [0.05, 0.1) is 6.04 Å². The molecule has 0 saturated heterocycles. The SMILES string of the molecule is CC(=O)N[C@H](C(=O)N[C@H](C)c1ccc(F)c(F)c1)C(C)C. The van der Waals surface area contributed by atoms with Crippen LogP contribution in [-0.4, -0.2) is 17.9 Å². The van der Waals surface area contributed by atoms with Gasteiger partial charge in [0.1, 0.15) is 6.04 Å². The summed E-state index contributed by atoms with van der Waals surface area (Å²) in [5, 5.41) is 5.26. The fourth-order valence-electron chi connectivity index (χ4n) is 1.92. The first-order chi connectivity index (χ1) is 9.72. The Morgan fingerprint density at radius 2 is 1.67 bits per heavy atom. The fourth-order valence-corrected chi connectivity index (χ4v) is 1.92. The summed E-state index contributed by atoms with van der Waals surface area (Å²) in [5.74, 6) is -2.65. The molecule has 0 fully saturated rings. The van der Waals surface area contributed by atoms with Crippen LogP contribution in [0.2, 0.25) is 0 Å². The van der Waals surface area contributed by atoms with Gasteiger partial charge in [0.25, 0.3) is 0 Å². The molecule has 0 aliphatic heterocycles. The summed E-state index contributed by atoms with van der Waals surface area (Å²) in [7, 11) is 0. The molecule has 0 radical (unpaired) electrons. The predicted octanol–water partition coefficient (Wildman–Crippen LogP) is 2.30. The van der Waals surface area contributed by atoms with E-state index in [9.17, 15) is 18.4 Å². The maximum Gasteiger partial charge on any atom is 0.243 e. The van der Waals surface area contributed by atoms with E-state index in [-0.39, 0.29) is 17.7 Å². The van der Waals surface area contributed by atoms with Crippen LogP contribution in [0.3, 0.4) is 0 Å². The summed E-state index contributed by atoms with van der Waals surface area (Å²) in [6.07, 6.45) is 0. The van der Waals surface area contributed by atoms with Crippen LogP contribution in [0, 0.1) is 17.6 Å². The van der Waals surface area contributed by atoms with Gasteiger partial charge in [0.2, 0.25) is 11.8 Å². The number of hydrogen-bond donors (Lipinski definition) is 2. The first-order valence-electron chi connectivity index (χ1n) is 6.74. The van der Waals surface area contributed by atoms with Crippen molar-refractivity contribution < 1.29 is 18.4 Å². The minimum Gasteiger partial charge on any atom is -0.348 e. The number of amides is 2. The van der Waals surface area contributed by atoms with Gasteiger partial charge in [-0.25, -0.2) is 8.78 Å². The largest absolute Gasteiger partial charge is 0.348 e. The lowest BCUT2D eigenvalue weighted by atomic mass is 10.0. The molecule has 2 amide bonds. The van der Waals surface area contributed by atoms with Gasteiger partial charge in [-0.05, 0) is 30.5 Å². The van der Waals surface area contributed by atoms with Crippen molar-refractivity contribution in [1.29, 1.82) is 0 Å². The molecule has 116 valence electrons. The smallest absolute Gasteiger partial charge is 0.243 e. The molecule has 21 heavy (non-hydrogen) atoms. The van der Waals surface area contributed by atoms with Crippen LogP contribution in [-0.2, 0) is 9.59 Å². The second-order valence-corrected chi connectivity index (χ2v) is 5.33. The maximum absolute atomic E-state index is 13.2. The standard InChI is InChI=1S/C15H20F2N2O2/c1-8(2)14(19-10(4)20)15(21)18-9(3)11-5-6-12(16)13(17)7-11/h5-9,14H,1-4H3,(H,18,21)(H,19,20)/t9-,14+/m1/s1. The van der Waals surface area contributed by atoms with Gasteiger partial charge < -0.3 is 10.6 Å². The van der Waals surface area contributed by atoms with Crippen LogP contribution in [0.4, 0.5) is 8.78 Å². The van der Waals surface area contributed by atoms with Gasteiger partial charge in [-0.15, -0.1) is 0 Å². The van der Waals surface area contributed by atoms with Gasteiger partial charge in [-0.3, -0.25) is 9.59 Å². The number of rotatable bonds is 5. The Kier molecular flexibility index (Phi) is 5.81. The molecule has 1 rings (SSSR count). The molecule has 0 aliphatic carbocycles. The maximum atomic E-state index is 13.2. The molecule has 1 aromatic carbocycles. The van der Waals surface area contributed by atoms with Crippen LogP contribution in [0.15, 0.2) is 18.2 Å². The molecule has 2 atom stereocenters. The molecule has 2 N–H and O–H groups in total. The van der Waals surface area contributed by atoms with Crippen molar-refractivity contribution in [3.05, 3.63) is 35.4 Å². The number of carbonyl (C=O) groups excluding carboxylic acids is 2. The summed E-state index contributed by atoms with van der Waals surface area (Å²) in [6, 6.07) is 2.30. The highest BCUT2D eigenvalue weighted by molar-refractivity contribution is 5.87. The Morgan fingerprint density at radius 1 is 1.05 bits per heavy atom. The second kappa shape index (κ2) is 7.15. The van der Waals surface area contributed by atoms with Gasteiger partial charge in [0.15, 0.2) is 11.6 Å². The zero-order chi connectivity index (χ0) is 16.2. The summed E-state index contributed by atoms with van der Waals surface area (Å²) in [6.45, 7) is 6.61. The van der Waals surface area contributed by atoms with Crippen molar-refractivity contribution in [3.8, 4) is 0 Å². The quantitative estimate of drug-likeness (QED) is 0.876. The van der Waals surface area contributed by atoms with E-state index in [1.807, 2.05) is 13.8 Å². The molecule has 1 aromatic rings. The fraction of sp³-hybridized carbons (Fsp3) is 0.467. The molecule has 4 nitrogen and oxygen atoms in total. The van der Waals surface area contributed by atoms with Crippen molar-refractivity contribution in [2.45, 2.75) is 39.8 Å². The summed E-state index contributed by atoms with van der Waals surface area (Å²) >= 11 is 0. The number of carbonyl (C=O) groups is 2. The van der Waals surface area contributed by atoms with Crippen molar-refractivity contribution in [2.24, 2.45) is 5.92 Å². The molecular weight excluding hydrogens is 278 g/mol. The minimum atomic E-state index is -0.962. The lowest BCUT2D eigenvalue weighted by Gasteiger charge is -2.23. The van der Waals surface area contributed by atoms with Crippen molar-refractivity contribution in [3.63, 3.8) is 0 Å². The van der Waals surface area contributed by atoms with E-state index < -0.39 is 23.7 Å². The highest BCUT2D eigenvalue weighted by Crippen LogP contribution is 2.16. The monoisotopic (exact) mass is 298 g/mol. The van der Waals surface area contributed by atoms with Crippen molar-refractivity contribution in [1.82, 2.24) is 10.6 Å². The van der Waals surface area contributed by atoms with E-state index in [0.29, 0.717) is 5.56 Å². The molecule has 6 heteroatoms. The Bertz CT molecular complexity index is 532. The number of benzene rings is 1. The first-order valence-corrected chi connectivity index (χ1v) is 6.74. The highest BCUT2D eigenvalue weighted by atomic mass is 19.2. The van der Waals surface area contributed by atoms with Crippen LogP contribution in [0.5, 0.6) is 0 Å². The van der Waals surface area contributed by atoms with E-state index in [4.69, 9.17) is 0 Å². The van der Waals surface area contributed by atoms with E-state index in [1.54, 1.807) is 6.92 Å². The van der Waals surface area contributed by atoms with Crippen LogP contribution in [0.25, 0.3) is 0 Å². The Hall–Kier alpha value is -1.98. The number of halogens is 2. The lowest BCUT2D eigenvalue weighted by Crippen LogP contribution is -2.49. The molecule has 0 spiro atoms. The van der Waals surface area contributed by atoms with Crippen LogP contribution < -0.4 is 10.6 Å². The molecule has 0 saturated carbocycles. The molecule has 0 unspecified atom stereocenters.